The van der Waals surface area contributed by atoms with E-state index in [1.165, 1.54) is 0 Å². The van der Waals surface area contributed by atoms with Crippen LogP contribution in [0.5, 0.6) is 0 Å². The predicted octanol–water partition coefficient (Wildman–Crippen LogP) is 0.206. The van der Waals surface area contributed by atoms with Crippen molar-refractivity contribution >= 4 is 5.91 Å². The van der Waals surface area contributed by atoms with Gasteiger partial charge in [0.1, 0.15) is 6.10 Å². The Balaban J connectivity index is 1.41. The standard InChI is InChI=1S/C14H22N4O2/c19-14(13-3-1-12-20-13)17-9-6-16(7-10-17)8-11-18-5-2-4-15-18/h2,4-5,13H,1,3,6-12H2. The number of hydrogen-bond acceptors (Lipinski definition) is 4. The van der Waals surface area contributed by atoms with Crippen molar-refractivity contribution in [1.29, 1.82) is 0 Å². The largest absolute Gasteiger partial charge is 0.368 e. The molecule has 0 aliphatic carbocycles. The molecule has 2 aliphatic heterocycles. The maximum Gasteiger partial charge on any atom is 0.251 e. The van der Waals surface area contributed by atoms with Crippen LogP contribution in [0.3, 0.4) is 0 Å². The molecule has 1 atom stereocenters. The number of rotatable bonds is 4. The van der Waals surface area contributed by atoms with Crippen LogP contribution in [0, 0.1) is 0 Å². The van der Waals surface area contributed by atoms with E-state index >= 15 is 0 Å². The van der Waals surface area contributed by atoms with Crippen LogP contribution in [0.2, 0.25) is 0 Å². The highest BCUT2D eigenvalue weighted by Crippen LogP contribution is 2.15. The maximum absolute atomic E-state index is 12.2. The molecule has 6 heteroatoms. The van der Waals surface area contributed by atoms with Crippen LogP contribution in [0.1, 0.15) is 12.8 Å². The molecule has 110 valence electrons. The highest BCUT2D eigenvalue weighted by Gasteiger charge is 2.30. The zero-order valence-electron chi connectivity index (χ0n) is 11.8. The third-order valence-electron chi connectivity index (χ3n) is 4.09. The molecule has 1 aromatic rings. The molecule has 0 bridgehead atoms. The number of amides is 1. The van der Waals surface area contributed by atoms with E-state index < -0.39 is 0 Å². The summed E-state index contributed by atoms with van der Waals surface area (Å²) in [5.41, 5.74) is 0. The van der Waals surface area contributed by atoms with Crippen molar-refractivity contribution in [3.63, 3.8) is 0 Å². The highest BCUT2D eigenvalue weighted by molar-refractivity contribution is 5.81. The van der Waals surface area contributed by atoms with E-state index in [0.717, 1.165) is 58.7 Å². The summed E-state index contributed by atoms with van der Waals surface area (Å²) >= 11 is 0. The van der Waals surface area contributed by atoms with Crippen molar-refractivity contribution in [2.45, 2.75) is 25.5 Å². The molecular formula is C14H22N4O2. The van der Waals surface area contributed by atoms with Gasteiger partial charge >= 0.3 is 0 Å². The van der Waals surface area contributed by atoms with E-state index in [0.29, 0.717) is 0 Å². The molecule has 0 N–H and O–H groups in total. The van der Waals surface area contributed by atoms with Crippen molar-refractivity contribution in [2.24, 2.45) is 0 Å². The molecule has 2 aliphatic rings. The van der Waals surface area contributed by atoms with Gasteiger partial charge in [-0.05, 0) is 18.9 Å². The number of carbonyl (C=O) groups is 1. The monoisotopic (exact) mass is 278 g/mol. The van der Waals surface area contributed by atoms with Crippen LogP contribution in [-0.4, -0.2) is 70.9 Å². The molecule has 0 spiro atoms. The topological polar surface area (TPSA) is 50.6 Å². The van der Waals surface area contributed by atoms with Crippen LogP contribution >= 0.6 is 0 Å². The molecule has 1 amide bonds. The van der Waals surface area contributed by atoms with E-state index in [-0.39, 0.29) is 12.0 Å². The van der Waals surface area contributed by atoms with Crippen molar-refractivity contribution in [1.82, 2.24) is 19.6 Å². The minimum atomic E-state index is -0.175. The third kappa shape index (κ3) is 3.19. The van der Waals surface area contributed by atoms with Crippen LogP contribution in [-0.2, 0) is 16.1 Å². The first-order valence-electron chi connectivity index (χ1n) is 7.43. The zero-order chi connectivity index (χ0) is 13.8. The van der Waals surface area contributed by atoms with E-state index in [4.69, 9.17) is 4.74 Å². The Morgan fingerprint density at radius 3 is 2.75 bits per heavy atom. The summed E-state index contributed by atoms with van der Waals surface area (Å²) in [6.45, 7) is 6.16. The first kappa shape index (κ1) is 13.6. The summed E-state index contributed by atoms with van der Waals surface area (Å²) in [5.74, 6) is 0.189. The summed E-state index contributed by atoms with van der Waals surface area (Å²) in [5, 5.41) is 4.21. The van der Waals surface area contributed by atoms with Gasteiger partial charge in [0.2, 0.25) is 0 Å². The maximum atomic E-state index is 12.2. The lowest BCUT2D eigenvalue weighted by molar-refractivity contribution is -0.142. The molecule has 6 nitrogen and oxygen atoms in total. The van der Waals surface area contributed by atoms with Gasteiger partial charge in [0.25, 0.3) is 5.91 Å². The second-order valence-corrected chi connectivity index (χ2v) is 5.44. The molecule has 1 aromatic heterocycles. The van der Waals surface area contributed by atoms with E-state index in [2.05, 4.69) is 10.00 Å². The fourth-order valence-corrected chi connectivity index (χ4v) is 2.84. The Morgan fingerprint density at radius 2 is 2.10 bits per heavy atom. The smallest absolute Gasteiger partial charge is 0.251 e. The molecule has 1 unspecified atom stereocenters. The molecular weight excluding hydrogens is 256 g/mol. The van der Waals surface area contributed by atoms with E-state index in [9.17, 15) is 4.79 Å². The van der Waals surface area contributed by atoms with Gasteiger partial charge in [-0.15, -0.1) is 0 Å². The number of aromatic nitrogens is 2. The molecule has 20 heavy (non-hydrogen) atoms. The Morgan fingerprint density at radius 1 is 1.25 bits per heavy atom. The van der Waals surface area contributed by atoms with Crippen molar-refractivity contribution in [3.8, 4) is 0 Å². The average molecular weight is 278 g/mol. The van der Waals surface area contributed by atoms with Crippen molar-refractivity contribution < 1.29 is 9.53 Å². The van der Waals surface area contributed by atoms with Gasteiger partial charge in [-0.25, -0.2) is 0 Å². The number of hydrogen-bond donors (Lipinski definition) is 0. The zero-order valence-corrected chi connectivity index (χ0v) is 11.8. The highest BCUT2D eigenvalue weighted by atomic mass is 16.5. The lowest BCUT2D eigenvalue weighted by atomic mass is 10.2. The lowest BCUT2D eigenvalue weighted by Crippen LogP contribution is -2.51. The summed E-state index contributed by atoms with van der Waals surface area (Å²) in [6.07, 6.45) is 5.51. The van der Waals surface area contributed by atoms with Gasteiger partial charge in [-0.1, -0.05) is 0 Å². The minimum Gasteiger partial charge on any atom is -0.368 e. The molecule has 0 radical (unpaired) electrons. The number of piperazine rings is 1. The van der Waals surface area contributed by atoms with E-state index in [1.54, 1.807) is 6.20 Å². The van der Waals surface area contributed by atoms with Gasteiger partial charge < -0.3 is 9.64 Å². The van der Waals surface area contributed by atoms with Crippen molar-refractivity contribution in [3.05, 3.63) is 18.5 Å². The van der Waals surface area contributed by atoms with Crippen LogP contribution < -0.4 is 0 Å². The molecule has 0 aromatic carbocycles. The summed E-state index contributed by atoms with van der Waals surface area (Å²) < 4.78 is 7.42. The molecule has 2 saturated heterocycles. The normalized spacial score (nSPS) is 24.2. The quantitative estimate of drug-likeness (QED) is 0.790. The van der Waals surface area contributed by atoms with Gasteiger partial charge in [0.05, 0.1) is 6.54 Å². The van der Waals surface area contributed by atoms with Crippen LogP contribution in [0.15, 0.2) is 18.5 Å². The van der Waals surface area contributed by atoms with Crippen LogP contribution in [0.25, 0.3) is 0 Å². The Bertz CT molecular complexity index is 420. The molecule has 2 fully saturated rings. The Kier molecular flexibility index (Phi) is 4.32. The second-order valence-electron chi connectivity index (χ2n) is 5.44. The second kappa shape index (κ2) is 6.37. The van der Waals surface area contributed by atoms with Gasteiger partial charge in [-0.3, -0.25) is 14.4 Å². The molecule has 0 saturated carbocycles. The van der Waals surface area contributed by atoms with Gasteiger partial charge in [0.15, 0.2) is 0 Å². The lowest BCUT2D eigenvalue weighted by Gasteiger charge is -2.35. The number of carbonyl (C=O) groups excluding carboxylic acids is 1. The fourth-order valence-electron chi connectivity index (χ4n) is 2.84. The van der Waals surface area contributed by atoms with E-state index in [1.807, 2.05) is 21.8 Å². The summed E-state index contributed by atoms with van der Waals surface area (Å²) in [7, 11) is 0. The van der Waals surface area contributed by atoms with Gasteiger partial charge in [-0.2, -0.15) is 5.10 Å². The third-order valence-corrected chi connectivity index (χ3v) is 4.09. The Hall–Kier alpha value is -1.40. The molecule has 3 heterocycles. The van der Waals surface area contributed by atoms with Gasteiger partial charge in [0, 0.05) is 51.7 Å². The predicted molar refractivity (Wildman–Crippen MR) is 74.2 cm³/mol. The fraction of sp³-hybridized carbons (Fsp3) is 0.714. The van der Waals surface area contributed by atoms with Crippen molar-refractivity contribution in [2.75, 3.05) is 39.3 Å². The first-order valence-corrected chi connectivity index (χ1v) is 7.43. The number of nitrogens with zero attached hydrogens (tertiary/aromatic N) is 4. The average Bonchev–Trinajstić information content (AvgIpc) is 3.18. The SMILES string of the molecule is O=C(C1CCCO1)N1CCN(CCn2cccn2)CC1. The number of ether oxygens (including phenoxy) is 1. The van der Waals surface area contributed by atoms with Crippen LogP contribution in [0.4, 0.5) is 0 Å². The minimum absolute atomic E-state index is 0.175. The molecule has 3 rings (SSSR count). The summed E-state index contributed by atoms with van der Waals surface area (Å²) in [4.78, 5) is 16.6. The first-order chi connectivity index (χ1) is 9.83. The summed E-state index contributed by atoms with van der Waals surface area (Å²) in [6, 6.07) is 1.94. The Labute approximate surface area is 119 Å².